The summed E-state index contributed by atoms with van der Waals surface area (Å²) in [6, 6.07) is 5.40. The van der Waals surface area contributed by atoms with E-state index in [9.17, 15) is 18.0 Å². The first-order valence-corrected chi connectivity index (χ1v) is 11.1. The molecule has 4 heterocycles. The second-order valence-corrected chi connectivity index (χ2v) is 9.86. The normalized spacial score (nSPS) is 27.2. The Balaban J connectivity index is 1.46. The van der Waals surface area contributed by atoms with Gasteiger partial charge in [-0.1, -0.05) is 6.07 Å². The standard InChI is InChI=1S/C18H25N3O4S/c1-26(24,25)20-7-5-14(6-8-20)18(23)19-10-13-9-15(12-19)16-3-2-4-17(22)21(16)11-13/h2-4,13-15H,5-12H2,1H3/t13-,15-/m1/s1. The molecule has 26 heavy (non-hydrogen) atoms. The maximum atomic E-state index is 13.0. The number of hydrogen-bond acceptors (Lipinski definition) is 4. The summed E-state index contributed by atoms with van der Waals surface area (Å²) in [5, 5.41) is 0. The zero-order chi connectivity index (χ0) is 18.5. The van der Waals surface area contributed by atoms with Crippen molar-refractivity contribution in [2.24, 2.45) is 11.8 Å². The molecular formula is C18H25N3O4S. The molecule has 2 fully saturated rings. The topological polar surface area (TPSA) is 79.7 Å². The van der Waals surface area contributed by atoms with Crippen LogP contribution in [0.2, 0.25) is 0 Å². The van der Waals surface area contributed by atoms with Crippen molar-refractivity contribution >= 4 is 15.9 Å². The first-order valence-electron chi connectivity index (χ1n) is 9.26. The lowest BCUT2D eigenvalue weighted by Crippen LogP contribution is -2.52. The minimum Gasteiger partial charge on any atom is -0.341 e. The lowest BCUT2D eigenvalue weighted by molar-refractivity contribution is -0.139. The van der Waals surface area contributed by atoms with Crippen LogP contribution in [0.1, 0.15) is 30.9 Å². The van der Waals surface area contributed by atoms with E-state index < -0.39 is 10.0 Å². The third-order valence-electron chi connectivity index (χ3n) is 6.06. The predicted octanol–water partition coefficient (Wildman–Crippen LogP) is 0.466. The summed E-state index contributed by atoms with van der Waals surface area (Å²) in [5.74, 6) is 0.599. The van der Waals surface area contributed by atoms with E-state index in [0.29, 0.717) is 51.5 Å². The summed E-state index contributed by atoms with van der Waals surface area (Å²) in [6.07, 6.45) is 3.43. The van der Waals surface area contributed by atoms with Crippen molar-refractivity contribution in [1.29, 1.82) is 0 Å². The van der Waals surface area contributed by atoms with E-state index in [4.69, 9.17) is 0 Å². The van der Waals surface area contributed by atoms with Crippen molar-refractivity contribution in [3.8, 4) is 0 Å². The molecule has 7 nitrogen and oxygen atoms in total. The first-order chi connectivity index (χ1) is 12.3. The zero-order valence-electron chi connectivity index (χ0n) is 15.0. The summed E-state index contributed by atoms with van der Waals surface area (Å²) >= 11 is 0. The van der Waals surface area contributed by atoms with Gasteiger partial charge in [-0.2, -0.15) is 0 Å². The van der Waals surface area contributed by atoms with Gasteiger partial charge in [0.25, 0.3) is 5.56 Å². The van der Waals surface area contributed by atoms with Crippen molar-refractivity contribution in [3.05, 3.63) is 34.2 Å². The van der Waals surface area contributed by atoms with Crippen molar-refractivity contribution in [3.63, 3.8) is 0 Å². The Bertz CT molecular complexity index is 871. The summed E-state index contributed by atoms with van der Waals surface area (Å²) in [5.41, 5.74) is 1.09. The van der Waals surface area contributed by atoms with Crippen molar-refractivity contribution in [2.75, 3.05) is 32.4 Å². The van der Waals surface area contributed by atoms with Gasteiger partial charge in [0.05, 0.1) is 6.26 Å². The lowest BCUT2D eigenvalue weighted by atomic mass is 9.82. The number of aromatic nitrogens is 1. The Morgan fingerprint density at radius 2 is 1.85 bits per heavy atom. The van der Waals surface area contributed by atoms with E-state index >= 15 is 0 Å². The van der Waals surface area contributed by atoms with Crippen LogP contribution in [0.15, 0.2) is 23.0 Å². The fourth-order valence-electron chi connectivity index (χ4n) is 4.77. The maximum absolute atomic E-state index is 13.0. The molecule has 2 atom stereocenters. The third kappa shape index (κ3) is 3.20. The summed E-state index contributed by atoms with van der Waals surface area (Å²) < 4.78 is 26.6. The lowest BCUT2D eigenvalue weighted by Gasteiger charge is -2.44. The number of carbonyl (C=O) groups excluding carboxylic acids is 1. The molecule has 3 aliphatic heterocycles. The van der Waals surface area contributed by atoms with Crippen molar-refractivity contribution < 1.29 is 13.2 Å². The summed E-state index contributed by atoms with van der Waals surface area (Å²) in [6.45, 7) is 2.89. The number of nitrogens with zero attached hydrogens (tertiary/aromatic N) is 3. The fourth-order valence-corrected chi connectivity index (χ4v) is 5.64. The maximum Gasteiger partial charge on any atom is 0.250 e. The van der Waals surface area contributed by atoms with E-state index in [0.717, 1.165) is 12.1 Å². The molecule has 0 aromatic carbocycles. The SMILES string of the molecule is CS(=O)(=O)N1CCC(C(=O)N2C[C@H]3C[C@H](C2)c2cccc(=O)n2C3)CC1. The number of carbonyl (C=O) groups is 1. The molecule has 1 aromatic rings. The molecule has 0 radical (unpaired) electrons. The van der Waals surface area contributed by atoms with Crippen LogP contribution in [-0.2, 0) is 21.4 Å². The quantitative estimate of drug-likeness (QED) is 0.748. The van der Waals surface area contributed by atoms with Gasteiger partial charge in [0, 0.05) is 56.3 Å². The van der Waals surface area contributed by atoms with E-state index in [1.807, 2.05) is 15.5 Å². The van der Waals surface area contributed by atoms with Gasteiger partial charge in [0.1, 0.15) is 0 Å². The number of sulfonamides is 1. The Hall–Kier alpha value is -1.67. The van der Waals surface area contributed by atoms with Crippen LogP contribution in [0.25, 0.3) is 0 Å². The highest BCUT2D eigenvalue weighted by Gasteiger charge is 2.39. The Kier molecular flexibility index (Phi) is 4.43. The van der Waals surface area contributed by atoms with Crippen molar-refractivity contribution in [1.82, 2.24) is 13.8 Å². The highest BCUT2D eigenvalue weighted by Crippen LogP contribution is 2.36. The smallest absolute Gasteiger partial charge is 0.250 e. The third-order valence-corrected chi connectivity index (χ3v) is 7.37. The zero-order valence-corrected chi connectivity index (χ0v) is 15.8. The fraction of sp³-hybridized carbons (Fsp3) is 0.667. The van der Waals surface area contributed by atoms with Crippen LogP contribution in [0.4, 0.5) is 0 Å². The van der Waals surface area contributed by atoms with Crippen LogP contribution in [0, 0.1) is 11.8 Å². The minimum atomic E-state index is -3.17. The van der Waals surface area contributed by atoms with Crippen LogP contribution in [0.5, 0.6) is 0 Å². The molecule has 0 saturated carbocycles. The first kappa shape index (κ1) is 17.7. The molecule has 2 saturated heterocycles. The van der Waals surface area contributed by atoms with E-state index in [1.54, 1.807) is 12.1 Å². The largest absolute Gasteiger partial charge is 0.341 e. The number of piperidine rings is 2. The highest BCUT2D eigenvalue weighted by atomic mass is 32.2. The molecule has 0 unspecified atom stereocenters. The van der Waals surface area contributed by atoms with Gasteiger partial charge in [0.2, 0.25) is 15.9 Å². The van der Waals surface area contributed by atoms with Crippen LogP contribution < -0.4 is 5.56 Å². The second-order valence-electron chi connectivity index (χ2n) is 7.88. The molecule has 1 amide bonds. The van der Waals surface area contributed by atoms with Crippen LogP contribution >= 0.6 is 0 Å². The van der Waals surface area contributed by atoms with Gasteiger partial charge in [-0.15, -0.1) is 0 Å². The molecule has 3 aliphatic rings. The number of fused-ring (bicyclic) bond motifs is 4. The number of likely N-dealkylation sites (tertiary alicyclic amines) is 1. The van der Waals surface area contributed by atoms with Gasteiger partial charge >= 0.3 is 0 Å². The van der Waals surface area contributed by atoms with Crippen molar-refractivity contribution in [2.45, 2.75) is 31.7 Å². The average Bonchev–Trinajstić information content (AvgIpc) is 2.61. The molecule has 1 aromatic heterocycles. The van der Waals surface area contributed by atoms with Gasteiger partial charge in [0.15, 0.2) is 0 Å². The second kappa shape index (κ2) is 6.49. The van der Waals surface area contributed by atoms with Gasteiger partial charge < -0.3 is 9.47 Å². The average molecular weight is 379 g/mol. The van der Waals surface area contributed by atoms with Gasteiger partial charge in [-0.05, 0) is 31.2 Å². The monoisotopic (exact) mass is 379 g/mol. The molecule has 8 heteroatoms. The van der Waals surface area contributed by atoms with Crippen LogP contribution in [0.3, 0.4) is 0 Å². The summed E-state index contributed by atoms with van der Waals surface area (Å²) in [4.78, 5) is 27.1. The minimum absolute atomic E-state index is 0.0464. The van der Waals surface area contributed by atoms with E-state index in [1.165, 1.54) is 10.6 Å². The van der Waals surface area contributed by atoms with Gasteiger partial charge in [-0.3, -0.25) is 9.59 Å². The molecule has 0 N–H and O–H groups in total. The predicted molar refractivity (Wildman–Crippen MR) is 97.3 cm³/mol. The molecular weight excluding hydrogens is 354 g/mol. The van der Waals surface area contributed by atoms with Gasteiger partial charge in [-0.25, -0.2) is 12.7 Å². The number of pyridine rings is 1. The molecule has 2 bridgehead atoms. The number of hydrogen-bond donors (Lipinski definition) is 0. The van der Waals surface area contributed by atoms with E-state index in [2.05, 4.69) is 0 Å². The molecule has 4 rings (SSSR count). The van der Waals surface area contributed by atoms with Crippen LogP contribution in [-0.4, -0.2) is 60.5 Å². The van der Waals surface area contributed by atoms with E-state index in [-0.39, 0.29) is 23.3 Å². The molecule has 142 valence electrons. The number of amides is 1. The Labute approximate surface area is 153 Å². The highest BCUT2D eigenvalue weighted by molar-refractivity contribution is 7.88. The number of rotatable bonds is 2. The Morgan fingerprint density at radius 1 is 1.12 bits per heavy atom. The molecule has 0 aliphatic carbocycles. The summed E-state index contributed by atoms with van der Waals surface area (Å²) in [7, 11) is -3.17. The Morgan fingerprint density at radius 3 is 2.54 bits per heavy atom. The molecule has 0 spiro atoms.